The molecule has 0 saturated heterocycles. The Morgan fingerprint density at radius 1 is 0.938 bits per heavy atom. The Balaban J connectivity index is 0.00000128. The molecule has 0 bridgehead atoms. The summed E-state index contributed by atoms with van der Waals surface area (Å²) in [4.78, 5) is 0. The summed E-state index contributed by atoms with van der Waals surface area (Å²) in [5, 5.41) is 3.40. The Kier molecular flexibility index (Phi) is 4.87. The zero-order valence-corrected chi connectivity index (χ0v) is 10.1. The van der Waals surface area contributed by atoms with Gasteiger partial charge in [0, 0.05) is 12.2 Å². The predicted octanol–water partition coefficient (Wildman–Crippen LogP) is 4.03. The zero-order chi connectivity index (χ0) is 10.5. The van der Waals surface area contributed by atoms with E-state index < -0.39 is 0 Å². The van der Waals surface area contributed by atoms with E-state index in [9.17, 15) is 0 Å². The lowest BCUT2D eigenvalue weighted by Gasteiger charge is -2.06. The number of nitrogens with one attached hydrogen (secondary N) is 1. The number of benzene rings is 2. The topological polar surface area (TPSA) is 12.0 Å². The second-order valence-electron chi connectivity index (χ2n) is 3.71. The fourth-order valence-electron chi connectivity index (χ4n) is 1.56. The fourth-order valence-corrected chi connectivity index (χ4v) is 1.56. The third-order valence-corrected chi connectivity index (χ3v) is 2.36. The van der Waals surface area contributed by atoms with E-state index >= 15 is 0 Å². The first-order valence-electron chi connectivity index (χ1n) is 5.19. The van der Waals surface area contributed by atoms with Gasteiger partial charge in [-0.3, -0.25) is 0 Å². The lowest BCUT2D eigenvalue weighted by atomic mass is 10.2. The average Bonchev–Trinajstić information content (AvgIpc) is 2.28. The Labute approximate surface area is 103 Å². The van der Waals surface area contributed by atoms with E-state index in [0.29, 0.717) is 0 Å². The molecule has 2 aromatic carbocycles. The van der Waals surface area contributed by atoms with Crippen LogP contribution in [-0.4, -0.2) is 0 Å². The molecule has 84 valence electrons. The van der Waals surface area contributed by atoms with Gasteiger partial charge in [-0.05, 0) is 30.2 Å². The van der Waals surface area contributed by atoms with E-state index in [2.05, 4.69) is 60.8 Å². The third kappa shape index (κ3) is 3.59. The van der Waals surface area contributed by atoms with Gasteiger partial charge >= 0.3 is 0 Å². The van der Waals surface area contributed by atoms with Crippen molar-refractivity contribution >= 4 is 18.1 Å². The molecule has 16 heavy (non-hydrogen) atoms. The highest BCUT2D eigenvalue weighted by atomic mass is 35.5. The largest absolute Gasteiger partial charge is 0.381 e. The average molecular weight is 234 g/mol. The number of rotatable bonds is 3. The summed E-state index contributed by atoms with van der Waals surface area (Å²) in [5.74, 6) is 0. The van der Waals surface area contributed by atoms with Gasteiger partial charge in [0.05, 0.1) is 0 Å². The molecule has 2 heteroatoms. The minimum atomic E-state index is 0. The molecule has 0 aliphatic rings. The fraction of sp³-hybridized carbons (Fsp3) is 0.143. The normalized spacial score (nSPS) is 9.31. The van der Waals surface area contributed by atoms with Crippen molar-refractivity contribution in [2.75, 3.05) is 5.32 Å². The lowest BCUT2D eigenvalue weighted by molar-refractivity contribution is 1.15. The van der Waals surface area contributed by atoms with E-state index in [0.717, 1.165) is 6.54 Å². The van der Waals surface area contributed by atoms with Gasteiger partial charge in [0.1, 0.15) is 0 Å². The number of hydrogen-bond donors (Lipinski definition) is 1. The summed E-state index contributed by atoms with van der Waals surface area (Å²) in [6.07, 6.45) is 0. The highest BCUT2D eigenvalue weighted by molar-refractivity contribution is 5.85. The molecule has 0 radical (unpaired) electrons. The summed E-state index contributed by atoms with van der Waals surface area (Å²) in [6.45, 7) is 2.98. The SMILES string of the molecule is Cc1cccc(NCc2ccccc2)c1.Cl. The van der Waals surface area contributed by atoms with Gasteiger partial charge in [-0.2, -0.15) is 0 Å². The number of halogens is 1. The molecule has 0 amide bonds. The molecule has 0 saturated carbocycles. The smallest absolute Gasteiger partial charge is 0.0400 e. The van der Waals surface area contributed by atoms with Crippen LogP contribution in [0.5, 0.6) is 0 Å². The van der Waals surface area contributed by atoms with E-state index in [1.54, 1.807) is 0 Å². The van der Waals surface area contributed by atoms with Crippen molar-refractivity contribution in [3.63, 3.8) is 0 Å². The molecule has 0 aliphatic carbocycles. The van der Waals surface area contributed by atoms with E-state index in [1.807, 2.05) is 6.07 Å². The van der Waals surface area contributed by atoms with Crippen molar-refractivity contribution in [1.82, 2.24) is 0 Å². The van der Waals surface area contributed by atoms with Gasteiger partial charge in [0.15, 0.2) is 0 Å². The number of anilines is 1. The van der Waals surface area contributed by atoms with Crippen LogP contribution >= 0.6 is 12.4 Å². The number of hydrogen-bond acceptors (Lipinski definition) is 1. The second-order valence-corrected chi connectivity index (χ2v) is 3.71. The molecule has 0 atom stereocenters. The van der Waals surface area contributed by atoms with Gasteiger partial charge < -0.3 is 5.32 Å². The van der Waals surface area contributed by atoms with Crippen LogP contribution in [0.3, 0.4) is 0 Å². The van der Waals surface area contributed by atoms with Crippen LogP contribution in [0.1, 0.15) is 11.1 Å². The molecular formula is C14H16ClN. The van der Waals surface area contributed by atoms with Crippen molar-refractivity contribution in [3.05, 3.63) is 65.7 Å². The first kappa shape index (κ1) is 12.6. The molecular weight excluding hydrogens is 218 g/mol. The molecule has 1 N–H and O–H groups in total. The summed E-state index contributed by atoms with van der Waals surface area (Å²) in [5.41, 5.74) is 3.77. The summed E-state index contributed by atoms with van der Waals surface area (Å²) in [6, 6.07) is 18.8. The molecule has 0 unspecified atom stereocenters. The molecule has 2 rings (SSSR count). The molecule has 0 spiro atoms. The van der Waals surface area contributed by atoms with E-state index in [4.69, 9.17) is 0 Å². The molecule has 0 heterocycles. The van der Waals surface area contributed by atoms with Gasteiger partial charge in [-0.1, -0.05) is 42.5 Å². The standard InChI is InChI=1S/C14H15N.ClH/c1-12-6-5-9-14(10-12)15-11-13-7-3-2-4-8-13;/h2-10,15H,11H2,1H3;1H. The maximum atomic E-state index is 3.40. The first-order chi connectivity index (χ1) is 7.34. The zero-order valence-electron chi connectivity index (χ0n) is 9.31. The third-order valence-electron chi connectivity index (χ3n) is 2.36. The van der Waals surface area contributed by atoms with Crippen molar-refractivity contribution in [2.24, 2.45) is 0 Å². The van der Waals surface area contributed by atoms with Gasteiger partial charge in [0.25, 0.3) is 0 Å². The second kappa shape index (κ2) is 6.19. The molecule has 1 nitrogen and oxygen atoms in total. The van der Waals surface area contributed by atoms with Gasteiger partial charge in [-0.25, -0.2) is 0 Å². The maximum Gasteiger partial charge on any atom is 0.0400 e. The van der Waals surface area contributed by atoms with Crippen LogP contribution in [0.2, 0.25) is 0 Å². The van der Waals surface area contributed by atoms with Crippen LogP contribution < -0.4 is 5.32 Å². The van der Waals surface area contributed by atoms with Gasteiger partial charge in [0.2, 0.25) is 0 Å². The van der Waals surface area contributed by atoms with Crippen molar-refractivity contribution in [2.45, 2.75) is 13.5 Å². The summed E-state index contributed by atoms with van der Waals surface area (Å²) >= 11 is 0. The summed E-state index contributed by atoms with van der Waals surface area (Å²) < 4.78 is 0. The lowest BCUT2D eigenvalue weighted by Crippen LogP contribution is -1.98. The molecule has 0 aromatic heterocycles. The highest BCUT2D eigenvalue weighted by Crippen LogP contribution is 2.11. The first-order valence-corrected chi connectivity index (χ1v) is 5.19. The molecule has 0 aliphatic heterocycles. The Morgan fingerprint density at radius 2 is 1.69 bits per heavy atom. The van der Waals surface area contributed by atoms with Crippen molar-refractivity contribution in [3.8, 4) is 0 Å². The van der Waals surface area contributed by atoms with Crippen LogP contribution in [0.15, 0.2) is 54.6 Å². The maximum absolute atomic E-state index is 3.40. The van der Waals surface area contributed by atoms with Crippen LogP contribution in [0.4, 0.5) is 5.69 Å². The van der Waals surface area contributed by atoms with Gasteiger partial charge in [-0.15, -0.1) is 12.4 Å². The minimum Gasteiger partial charge on any atom is -0.381 e. The van der Waals surface area contributed by atoms with Crippen LogP contribution in [0, 0.1) is 6.92 Å². The highest BCUT2D eigenvalue weighted by Gasteiger charge is 1.93. The Morgan fingerprint density at radius 3 is 2.38 bits per heavy atom. The summed E-state index contributed by atoms with van der Waals surface area (Å²) in [7, 11) is 0. The molecule has 2 aromatic rings. The van der Waals surface area contributed by atoms with Crippen LogP contribution in [0.25, 0.3) is 0 Å². The Hall–Kier alpha value is -1.47. The van der Waals surface area contributed by atoms with Crippen LogP contribution in [-0.2, 0) is 6.54 Å². The van der Waals surface area contributed by atoms with Crippen molar-refractivity contribution < 1.29 is 0 Å². The van der Waals surface area contributed by atoms with E-state index in [-0.39, 0.29) is 12.4 Å². The quantitative estimate of drug-likeness (QED) is 0.844. The number of aryl methyl sites for hydroxylation is 1. The minimum absolute atomic E-state index is 0. The van der Waals surface area contributed by atoms with E-state index in [1.165, 1.54) is 16.8 Å². The Bertz CT molecular complexity index is 426. The molecule has 0 fully saturated rings. The monoisotopic (exact) mass is 233 g/mol. The van der Waals surface area contributed by atoms with Crippen molar-refractivity contribution in [1.29, 1.82) is 0 Å². The predicted molar refractivity (Wildman–Crippen MR) is 72.2 cm³/mol.